The van der Waals surface area contributed by atoms with E-state index in [1.807, 2.05) is 6.92 Å². The number of rotatable bonds is 7. The zero-order valence-electron chi connectivity index (χ0n) is 14.7. The van der Waals surface area contributed by atoms with Crippen molar-refractivity contribution in [2.45, 2.75) is 13.3 Å². The third-order valence-electron chi connectivity index (χ3n) is 3.34. The molecular formula is C19H19N3O5. The van der Waals surface area contributed by atoms with Gasteiger partial charge in [-0.2, -0.15) is 0 Å². The normalized spacial score (nSPS) is 10.4. The molecule has 140 valence electrons. The largest absolute Gasteiger partial charge is 0.423 e. The van der Waals surface area contributed by atoms with Gasteiger partial charge in [-0.05, 0) is 30.2 Å². The van der Waals surface area contributed by atoms with Crippen LogP contribution in [0.4, 0.5) is 16.2 Å². The summed E-state index contributed by atoms with van der Waals surface area (Å²) < 4.78 is 5.19. The second-order valence-electron chi connectivity index (χ2n) is 5.52. The highest BCUT2D eigenvalue weighted by Gasteiger charge is 2.06. The minimum absolute atomic E-state index is 0.0642. The smallest absolute Gasteiger partial charge is 0.336 e. The van der Waals surface area contributed by atoms with E-state index < -0.39 is 10.9 Å². The van der Waals surface area contributed by atoms with Crippen molar-refractivity contribution in [1.82, 2.24) is 5.32 Å². The van der Waals surface area contributed by atoms with Gasteiger partial charge in [0.05, 0.1) is 4.92 Å². The lowest BCUT2D eigenvalue weighted by Crippen LogP contribution is -2.29. The van der Waals surface area contributed by atoms with Gasteiger partial charge in [-0.3, -0.25) is 10.1 Å². The molecule has 0 unspecified atom stereocenters. The van der Waals surface area contributed by atoms with Crippen LogP contribution in [0.3, 0.4) is 0 Å². The Balaban J connectivity index is 1.97. The van der Waals surface area contributed by atoms with Crippen molar-refractivity contribution in [2.75, 3.05) is 11.9 Å². The Labute approximate surface area is 156 Å². The molecule has 2 rings (SSSR count). The predicted molar refractivity (Wildman–Crippen MR) is 102 cm³/mol. The summed E-state index contributed by atoms with van der Waals surface area (Å²) in [6, 6.07) is 11.9. The standard InChI is InChI=1S/C19H19N3O5/c1-2-11-20-19(24)21-15-6-4-8-17(13-15)27-18(23)10-9-14-5-3-7-16(12-14)22(25)26/h3-10,12-13H,2,11H2,1H3,(H2,20,21,24)/b10-9+. The number of nitrogens with zero attached hydrogens (tertiary/aromatic N) is 1. The van der Waals surface area contributed by atoms with Gasteiger partial charge >= 0.3 is 12.0 Å². The Morgan fingerprint density at radius 2 is 1.96 bits per heavy atom. The molecule has 0 saturated carbocycles. The summed E-state index contributed by atoms with van der Waals surface area (Å²) >= 11 is 0. The fraction of sp³-hybridized carbons (Fsp3) is 0.158. The lowest BCUT2D eigenvalue weighted by Gasteiger charge is -2.08. The van der Waals surface area contributed by atoms with Crippen LogP contribution < -0.4 is 15.4 Å². The van der Waals surface area contributed by atoms with Crippen molar-refractivity contribution in [2.24, 2.45) is 0 Å². The third-order valence-corrected chi connectivity index (χ3v) is 3.34. The lowest BCUT2D eigenvalue weighted by molar-refractivity contribution is -0.384. The fourth-order valence-corrected chi connectivity index (χ4v) is 2.11. The number of carbonyl (C=O) groups is 2. The highest BCUT2D eigenvalue weighted by Crippen LogP contribution is 2.18. The second kappa shape index (κ2) is 9.71. The van der Waals surface area contributed by atoms with Crippen LogP contribution in [0.25, 0.3) is 6.08 Å². The molecule has 0 heterocycles. The van der Waals surface area contributed by atoms with Crippen molar-refractivity contribution < 1.29 is 19.2 Å². The second-order valence-corrected chi connectivity index (χ2v) is 5.52. The number of urea groups is 1. The number of carbonyl (C=O) groups excluding carboxylic acids is 2. The first-order valence-corrected chi connectivity index (χ1v) is 8.27. The minimum Gasteiger partial charge on any atom is -0.423 e. The van der Waals surface area contributed by atoms with E-state index in [0.29, 0.717) is 17.8 Å². The average Bonchev–Trinajstić information content (AvgIpc) is 2.65. The highest BCUT2D eigenvalue weighted by atomic mass is 16.6. The lowest BCUT2D eigenvalue weighted by atomic mass is 10.2. The van der Waals surface area contributed by atoms with Gasteiger partial charge in [0.1, 0.15) is 5.75 Å². The number of nitro benzene ring substituents is 1. The molecule has 2 N–H and O–H groups in total. The maximum atomic E-state index is 11.9. The van der Waals surface area contributed by atoms with Crippen LogP contribution in [0, 0.1) is 10.1 Å². The van der Waals surface area contributed by atoms with Gasteiger partial charge in [-0.1, -0.05) is 25.1 Å². The van der Waals surface area contributed by atoms with E-state index in [9.17, 15) is 19.7 Å². The van der Waals surface area contributed by atoms with E-state index in [2.05, 4.69) is 10.6 Å². The molecule has 0 fully saturated rings. The zero-order valence-corrected chi connectivity index (χ0v) is 14.7. The number of anilines is 1. The maximum Gasteiger partial charge on any atom is 0.336 e. The summed E-state index contributed by atoms with van der Waals surface area (Å²) in [6.45, 7) is 2.50. The molecule has 8 nitrogen and oxygen atoms in total. The summed E-state index contributed by atoms with van der Waals surface area (Å²) in [6.07, 6.45) is 3.42. The summed E-state index contributed by atoms with van der Waals surface area (Å²) in [5.41, 5.74) is 0.923. The average molecular weight is 369 g/mol. The summed E-state index contributed by atoms with van der Waals surface area (Å²) in [5.74, 6) is -0.383. The van der Waals surface area contributed by atoms with Gasteiger partial charge in [0, 0.05) is 36.5 Å². The Morgan fingerprint density at radius 3 is 2.70 bits per heavy atom. The molecule has 0 aliphatic carbocycles. The summed E-state index contributed by atoms with van der Waals surface area (Å²) in [5, 5.41) is 16.1. The van der Waals surface area contributed by atoms with Crippen LogP contribution in [-0.2, 0) is 4.79 Å². The maximum absolute atomic E-state index is 11.9. The molecular weight excluding hydrogens is 350 g/mol. The number of nitrogens with one attached hydrogen (secondary N) is 2. The molecule has 0 bridgehead atoms. The summed E-state index contributed by atoms with van der Waals surface area (Å²) in [7, 11) is 0. The van der Waals surface area contributed by atoms with Crippen LogP contribution in [-0.4, -0.2) is 23.5 Å². The van der Waals surface area contributed by atoms with Crippen LogP contribution in [0.2, 0.25) is 0 Å². The van der Waals surface area contributed by atoms with Crippen LogP contribution in [0.1, 0.15) is 18.9 Å². The van der Waals surface area contributed by atoms with Gasteiger partial charge in [0.15, 0.2) is 0 Å². The van der Waals surface area contributed by atoms with Gasteiger partial charge in [-0.15, -0.1) is 0 Å². The van der Waals surface area contributed by atoms with Crippen molar-refractivity contribution in [1.29, 1.82) is 0 Å². The Bertz CT molecular complexity index is 864. The van der Waals surface area contributed by atoms with Gasteiger partial charge in [0.25, 0.3) is 5.69 Å². The fourth-order valence-electron chi connectivity index (χ4n) is 2.11. The quantitative estimate of drug-likeness (QED) is 0.254. The number of nitro groups is 1. The minimum atomic E-state index is -0.644. The first-order valence-electron chi connectivity index (χ1n) is 8.27. The zero-order chi connectivity index (χ0) is 19.6. The number of hydrogen-bond donors (Lipinski definition) is 2. The van der Waals surface area contributed by atoms with Gasteiger partial charge in [0.2, 0.25) is 0 Å². The first kappa shape index (κ1) is 19.6. The topological polar surface area (TPSA) is 111 Å². The number of esters is 1. The monoisotopic (exact) mass is 369 g/mol. The van der Waals surface area contributed by atoms with Crippen molar-refractivity contribution in [3.8, 4) is 5.75 Å². The van der Waals surface area contributed by atoms with Gasteiger partial charge < -0.3 is 15.4 Å². The molecule has 0 aliphatic heterocycles. The van der Waals surface area contributed by atoms with E-state index in [0.717, 1.165) is 6.42 Å². The molecule has 27 heavy (non-hydrogen) atoms. The molecule has 0 atom stereocenters. The number of amides is 2. The number of ether oxygens (including phenoxy) is 1. The van der Waals surface area contributed by atoms with Crippen molar-refractivity contribution in [3.05, 3.63) is 70.3 Å². The summed E-state index contributed by atoms with van der Waals surface area (Å²) in [4.78, 5) is 33.8. The van der Waals surface area contributed by atoms with Crippen molar-refractivity contribution in [3.63, 3.8) is 0 Å². The van der Waals surface area contributed by atoms with Crippen LogP contribution >= 0.6 is 0 Å². The van der Waals surface area contributed by atoms with E-state index in [-0.39, 0.29) is 17.5 Å². The molecule has 2 aromatic rings. The number of non-ortho nitro benzene ring substituents is 1. The van der Waals surface area contributed by atoms with Gasteiger partial charge in [-0.25, -0.2) is 9.59 Å². The molecule has 8 heteroatoms. The highest BCUT2D eigenvalue weighted by molar-refractivity contribution is 5.90. The molecule has 0 saturated heterocycles. The Morgan fingerprint density at radius 1 is 1.19 bits per heavy atom. The molecule has 0 aliphatic rings. The van der Waals surface area contributed by atoms with Crippen molar-refractivity contribution >= 4 is 29.5 Å². The van der Waals surface area contributed by atoms with E-state index >= 15 is 0 Å². The van der Waals surface area contributed by atoms with Crippen LogP contribution in [0.5, 0.6) is 5.75 Å². The van der Waals surface area contributed by atoms with E-state index in [1.54, 1.807) is 24.3 Å². The SMILES string of the molecule is CCCNC(=O)Nc1cccc(OC(=O)/C=C/c2cccc([N+](=O)[O-])c2)c1. The van der Waals surface area contributed by atoms with E-state index in [1.165, 1.54) is 36.4 Å². The van der Waals surface area contributed by atoms with Crippen LogP contribution in [0.15, 0.2) is 54.6 Å². The molecule has 2 amide bonds. The number of benzene rings is 2. The van der Waals surface area contributed by atoms with E-state index in [4.69, 9.17) is 4.74 Å². The first-order chi connectivity index (χ1) is 13.0. The Kier molecular flexibility index (Phi) is 7.07. The molecule has 0 spiro atoms. The number of hydrogen-bond acceptors (Lipinski definition) is 5. The molecule has 0 radical (unpaired) electrons. The Hall–Kier alpha value is -3.68. The predicted octanol–water partition coefficient (Wildman–Crippen LogP) is 3.75. The third kappa shape index (κ3) is 6.62. The molecule has 0 aromatic heterocycles. The molecule has 2 aromatic carbocycles.